The molecule has 1 atom stereocenters. The molecule has 0 unspecified atom stereocenters. The van der Waals surface area contributed by atoms with Crippen LogP contribution in [0.25, 0.3) is 0 Å². The maximum atomic E-state index is 11.8. The molecule has 1 saturated heterocycles. The second-order valence-electron chi connectivity index (χ2n) is 2.28. The van der Waals surface area contributed by atoms with Gasteiger partial charge < -0.3 is 10.4 Å². The van der Waals surface area contributed by atoms with E-state index in [0.717, 1.165) is 6.54 Å². The Labute approximate surface area is 59.9 Å². The van der Waals surface area contributed by atoms with Gasteiger partial charge in [-0.1, -0.05) is 0 Å². The fourth-order valence-electron chi connectivity index (χ4n) is 0.845. The zero-order chi connectivity index (χ0) is 6.04. The number of hydrogen-bond acceptors (Lipinski definition) is 2. The first-order chi connectivity index (χ1) is 3.77. The van der Waals surface area contributed by atoms with E-state index in [0.29, 0.717) is 13.0 Å². The third-order valence-corrected chi connectivity index (χ3v) is 1.47. The fourth-order valence-corrected chi connectivity index (χ4v) is 0.845. The van der Waals surface area contributed by atoms with Crippen LogP contribution in [0.2, 0.25) is 0 Å². The zero-order valence-corrected chi connectivity index (χ0v) is 5.88. The number of aliphatic hydroxyl groups is 1. The minimum absolute atomic E-state index is 0. The number of alkyl halides is 1. The molecule has 0 aliphatic carbocycles. The van der Waals surface area contributed by atoms with Crippen LogP contribution < -0.4 is 5.32 Å². The fraction of sp³-hybridized carbons (Fsp3) is 1.00. The summed E-state index contributed by atoms with van der Waals surface area (Å²) in [7, 11) is 0. The van der Waals surface area contributed by atoms with Gasteiger partial charge in [0.15, 0.2) is 0 Å². The molecule has 0 spiro atoms. The van der Waals surface area contributed by atoms with E-state index in [2.05, 4.69) is 5.32 Å². The van der Waals surface area contributed by atoms with Crippen LogP contribution in [-0.2, 0) is 0 Å². The molecule has 0 bridgehead atoms. The third-order valence-electron chi connectivity index (χ3n) is 1.47. The van der Waals surface area contributed by atoms with Crippen LogP contribution >= 0.6 is 12.4 Å². The minimum Gasteiger partial charge on any atom is -0.386 e. The summed E-state index contributed by atoms with van der Waals surface area (Å²) in [6, 6.07) is 0. The number of hydrogen-bond donors (Lipinski definition) is 2. The van der Waals surface area contributed by atoms with Crippen molar-refractivity contribution in [2.24, 2.45) is 0 Å². The summed E-state index contributed by atoms with van der Waals surface area (Å²) >= 11 is 0. The molecule has 0 saturated carbocycles. The van der Waals surface area contributed by atoms with Crippen LogP contribution in [0, 0.1) is 0 Å². The van der Waals surface area contributed by atoms with E-state index in [-0.39, 0.29) is 12.4 Å². The van der Waals surface area contributed by atoms with Crippen molar-refractivity contribution in [3.05, 3.63) is 0 Å². The highest BCUT2D eigenvalue weighted by Gasteiger charge is 2.30. The van der Waals surface area contributed by atoms with E-state index >= 15 is 0 Å². The van der Waals surface area contributed by atoms with Crippen molar-refractivity contribution in [3.8, 4) is 0 Å². The van der Waals surface area contributed by atoms with Crippen molar-refractivity contribution in [1.29, 1.82) is 0 Å². The average molecular weight is 156 g/mol. The Morgan fingerprint density at radius 3 is 2.56 bits per heavy atom. The molecule has 1 aliphatic rings. The van der Waals surface area contributed by atoms with Crippen molar-refractivity contribution >= 4 is 12.4 Å². The molecule has 0 aromatic rings. The summed E-state index contributed by atoms with van der Waals surface area (Å²) < 4.78 is 11.8. The highest BCUT2D eigenvalue weighted by Crippen LogP contribution is 2.13. The molecule has 1 heterocycles. The quantitative estimate of drug-likeness (QED) is 0.563. The molecule has 2 nitrogen and oxygen atoms in total. The molecule has 1 fully saturated rings. The van der Waals surface area contributed by atoms with Crippen LogP contribution in [0.1, 0.15) is 6.42 Å². The summed E-state index contributed by atoms with van der Waals surface area (Å²) in [6.07, 6.45) is 0.545. The van der Waals surface area contributed by atoms with Crippen molar-refractivity contribution in [2.75, 3.05) is 19.8 Å². The lowest BCUT2D eigenvalue weighted by molar-refractivity contribution is 0.0350. The van der Waals surface area contributed by atoms with Gasteiger partial charge >= 0.3 is 0 Å². The Hall–Kier alpha value is 0.140. The molecular weight excluding hydrogens is 145 g/mol. The lowest BCUT2D eigenvalue weighted by Gasteiger charge is -2.14. The van der Waals surface area contributed by atoms with Crippen molar-refractivity contribution in [1.82, 2.24) is 5.32 Å². The van der Waals surface area contributed by atoms with E-state index in [1.165, 1.54) is 0 Å². The topological polar surface area (TPSA) is 32.3 Å². The molecule has 0 radical (unpaired) electrons. The minimum atomic E-state index is -1.04. The summed E-state index contributed by atoms with van der Waals surface area (Å²) in [4.78, 5) is 0. The molecule has 56 valence electrons. The average Bonchev–Trinajstić information content (AvgIpc) is 2.17. The zero-order valence-electron chi connectivity index (χ0n) is 5.06. The maximum Gasteiger partial charge on any atom is 0.119 e. The smallest absolute Gasteiger partial charge is 0.119 e. The standard InChI is InChI=1S/C5H10FNO.ClH/c6-3-5(8)1-2-7-4-5;/h7-8H,1-4H2;1H/t5-;/m1./s1. The van der Waals surface area contributed by atoms with Crippen molar-refractivity contribution < 1.29 is 9.50 Å². The normalized spacial score (nSPS) is 34.0. The Kier molecular flexibility index (Phi) is 3.40. The van der Waals surface area contributed by atoms with Gasteiger partial charge in [-0.25, -0.2) is 4.39 Å². The van der Waals surface area contributed by atoms with Gasteiger partial charge in [0.25, 0.3) is 0 Å². The molecular formula is C5H11ClFNO. The largest absolute Gasteiger partial charge is 0.386 e. The van der Waals surface area contributed by atoms with Crippen molar-refractivity contribution in [3.63, 3.8) is 0 Å². The SMILES string of the molecule is Cl.O[C@@]1(CF)CCNC1. The van der Waals surface area contributed by atoms with E-state index < -0.39 is 12.3 Å². The number of nitrogens with one attached hydrogen (secondary N) is 1. The van der Waals surface area contributed by atoms with Gasteiger partial charge in [0.1, 0.15) is 12.3 Å². The van der Waals surface area contributed by atoms with Gasteiger partial charge in [0, 0.05) is 6.54 Å². The molecule has 4 heteroatoms. The van der Waals surface area contributed by atoms with Gasteiger partial charge in [-0.2, -0.15) is 0 Å². The number of halogens is 2. The summed E-state index contributed by atoms with van der Waals surface area (Å²) in [6.45, 7) is 0.518. The summed E-state index contributed by atoms with van der Waals surface area (Å²) in [5, 5.41) is 11.9. The third kappa shape index (κ3) is 2.08. The van der Waals surface area contributed by atoms with Crippen LogP contribution in [0.15, 0.2) is 0 Å². The van der Waals surface area contributed by atoms with Gasteiger partial charge in [-0.3, -0.25) is 0 Å². The maximum absolute atomic E-state index is 11.8. The van der Waals surface area contributed by atoms with Crippen LogP contribution in [-0.4, -0.2) is 30.5 Å². The number of β-amino-alcohol motifs (C(OH)–C–C–N with tert-alkyl or cyclic N) is 1. The predicted molar refractivity (Wildman–Crippen MR) is 35.7 cm³/mol. The Morgan fingerprint density at radius 2 is 2.33 bits per heavy atom. The predicted octanol–water partition coefficient (Wildman–Crippen LogP) is 0.102. The van der Waals surface area contributed by atoms with E-state index in [9.17, 15) is 4.39 Å². The molecule has 2 N–H and O–H groups in total. The van der Waals surface area contributed by atoms with Gasteiger partial charge in [0.2, 0.25) is 0 Å². The Morgan fingerprint density at radius 1 is 1.67 bits per heavy atom. The Bertz CT molecular complexity index is 85.0. The Balaban J connectivity index is 0.000000640. The van der Waals surface area contributed by atoms with Gasteiger partial charge in [-0.15, -0.1) is 12.4 Å². The van der Waals surface area contributed by atoms with Crippen molar-refractivity contribution in [2.45, 2.75) is 12.0 Å². The molecule has 1 aliphatic heterocycles. The lowest BCUT2D eigenvalue weighted by atomic mass is 10.1. The van der Waals surface area contributed by atoms with E-state index in [1.807, 2.05) is 0 Å². The van der Waals surface area contributed by atoms with Gasteiger partial charge in [-0.05, 0) is 13.0 Å². The molecule has 0 amide bonds. The van der Waals surface area contributed by atoms with E-state index in [1.54, 1.807) is 0 Å². The highest BCUT2D eigenvalue weighted by atomic mass is 35.5. The van der Waals surface area contributed by atoms with Crippen LogP contribution in [0.5, 0.6) is 0 Å². The second kappa shape index (κ2) is 3.34. The lowest BCUT2D eigenvalue weighted by Crippen LogP contribution is -2.33. The first-order valence-electron chi connectivity index (χ1n) is 2.76. The molecule has 0 aromatic carbocycles. The summed E-state index contributed by atoms with van der Waals surface area (Å²) in [5.41, 5.74) is -1.04. The van der Waals surface area contributed by atoms with Gasteiger partial charge in [0.05, 0.1) is 0 Å². The highest BCUT2D eigenvalue weighted by molar-refractivity contribution is 5.85. The van der Waals surface area contributed by atoms with E-state index in [4.69, 9.17) is 5.11 Å². The van der Waals surface area contributed by atoms with Crippen LogP contribution in [0.4, 0.5) is 4.39 Å². The number of rotatable bonds is 1. The molecule has 9 heavy (non-hydrogen) atoms. The first kappa shape index (κ1) is 9.14. The second-order valence-corrected chi connectivity index (χ2v) is 2.28. The molecule has 1 rings (SSSR count). The summed E-state index contributed by atoms with van der Waals surface area (Å²) in [5.74, 6) is 0. The van der Waals surface area contributed by atoms with Crippen LogP contribution in [0.3, 0.4) is 0 Å². The first-order valence-corrected chi connectivity index (χ1v) is 2.76. The monoisotopic (exact) mass is 155 g/mol. The molecule has 0 aromatic heterocycles.